The van der Waals surface area contributed by atoms with E-state index in [1.54, 1.807) is 16.9 Å². The van der Waals surface area contributed by atoms with E-state index in [1.807, 2.05) is 19.1 Å². The van der Waals surface area contributed by atoms with Gasteiger partial charge >= 0.3 is 0 Å². The third kappa shape index (κ3) is 2.39. The molecular formula is C10H8BrCl2N3. The predicted molar refractivity (Wildman–Crippen MR) is 68.3 cm³/mol. The highest BCUT2D eigenvalue weighted by atomic mass is 79.9. The van der Waals surface area contributed by atoms with Crippen LogP contribution >= 0.6 is 39.1 Å². The van der Waals surface area contributed by atoms with Crippen molar-refractivity contribution in [3.63, 3.8) is 0 Å². The van der Waals surface area contributed by atoms with Crippen molar-refractivity contribution in [2.45, 2.75) is 12.3 Å². The van der Waals surface area contributed by atoms with E-state index in [9.17, 15) is 0 Å². The second-order valence-electron chi connectivity index (χ2n) is 3.30. The molecule has 1 atom stereocenters. The number of benzene rings is 1. The van der Waals surface area contributed by atoms with E-state index in [-0.39, 0.29) is 5.38 Å². The molecule has 84 valence electrons. The lowest BCUT2D eigenvalue weighted by Crippen LogP contribution is -1.94. The van der Waals surface area contributed by atoms with Crippen molar-refractivity contribution in [3.8, 4) is 5.69 Å². The van der Waals surface area contributed by atoms with Crippen molar-refractivity contribution in [3.05, 3.63) is 39.6 Å². The average Bonchev–Trinajstić information content (AvgIpc) is 2.71. The van der Waals surface area contributed by atoms with Gasteiger partial charge in [0.15, 0.2) is 0 Å². The highest BCUT2D eigenvalue weighted by molar-refractivity contribution is 9.10. The Balaban J connectivity index is 2.39. The van der Waals surface area contributed by atoms with E-state index in [0.717, 1.165) is 15.9 Å². The van der Waals surface area contributed by atoms with Gasteiger partial charge in [0.25, 0.3) is 0 Å². The molecule has 6 heteroatoms. The van der Waals surface area contributed by atoms with E-state index >= 15 is 0 Å². The lowest BCUT2D eigenvalue weighted by Gasteiger charge is -2.01. The second kappa shape index (κ2) is 4.73. The first-order valence-electron chi connectivity index (χ1n) is 4.59. The molecular weight excluding hydrogens is 313 g/mol. The maximum atomic E-state index is 5.91. The van der Waals surface area contributed by atoms with Gasteiger partial charge in [-0.1, -0.05) is 16.8 Å². The smallest absolute Gasteiger partial charge is 0.101 e. The largest absolute Gasteiger partial charge is 0.220 e. The number of aromatic nitrogens is 3. The zero-order valence-electron chi connectivity index (χ0n) is 8.36. The number of rotatable bonds is 2. The number of alkyl halides is 1. The Labute approximate surface area is 111 Å². The van der Waals surface area contributed by atoms with Crippen LogP contribution in [-0.4, -0.2) is 15.0 Å². The number of hydrogen-bond donors (Lipinski definition) is 0. The first kappa shape index (κ1) is 11.9. The molecule has 1 heterocycles. The Kier molecular flexibility index (Phi) is 3.52. The van der Waals surface area contributed by atoms with Gasteiger partial charge in [0, 0.05) is 4.47 Å². The standard InChI is InChI=1S/C10H8BrCl2N3/c1-6(12)10-5-16(15-14-10)7-2-3-9(13)8(11)4-7/h2-6H,1H3. The quantitative estimate of drug-likeness (QED) is 0.783. The maximum Gasteiger partial charge on any atom is 0.101 e. The summed E-state index contributed by atoms with van der Waals surface area (Å²) in [5, 5.41) is 8.49. The molecule has 2 rings (SSSR count). The van der Waals surface area contributed by atoms with Gasteiger partial charge in [-0.25, -0.2) is 4.68 Å². The Morgan fingerprint density at radius 1 is 1.44 bits per heavy atom. The van der Waals surface area contributed by atoms with Crippen molar-refractivity contribution in [1.29, 1.82) is 0 Å². The Hall–Kier alpha value is -0.580. The molecule has 0 aliphatic rings. The molecule has 1 aromatic heterocycles. The normalized spacial score (nSPS) is 12.8. The van der Waals surface area contributed by atoms with Crippen molar-refractivity contribution >= 4 is 39.1 Å². The van der Waals surface area contributed by atoms with Crippen LogP contribution in [0.4, 0.5) is 0 Å². The minimum absolute atomic E-state index is 0.149. The van der Waals surface area contributed by atoms with Crippen LogP contribution in [0.3, 0.4) is 0 Å². The molecule has 1 aromatic carbocycles. The van der Waals surface area contributed by atoms with Crippen LogP contribution in [0.15, 0.2) is 28.9 Å². The highest BCUT2D eigenvalue weighted by Gasteiger charge is 2.08. The Bertz CT molecular complexity index is 511. The fourth-order valence-corrected chi connectivity index (χ4v) is 1.80. The molecule has 0 amide bonds. The average molecular weight is 321 g/mol. The van der Waals surface area contributed by atoms with Crippen LogP contribution in [0, 0.1) is 0 Å². The van der Waals surface area contributed by atoms with Crippen LogP contribution < -0.4 is 0 Å². The van der Waals surface area contributed by atoms with Crippen molar-refractivity contribution in [2.75, 3.05) is 0 Å². The highest BCUT2D eigenvalue weighted by Crippen LogP contribution is 2.25. The first-order valence-corrected chi connectivity index (χ1v) is 6.20. The summed E-state index contributed by atoms with van der Waals surface area (Å²) in [7, 11) is 0. The minimum Gasteiger partial charge on any atom is -0.220 e. The van der Waals surface area contributed by atoms with Gasteiger partial charge in [-0.3, -0.25) is 0 Å². The van der Waals surface area contributed by atoms with Crippen LogP contribution in [0.2, 0.25) is 5.02 Å². The third-order valence-corrected chi connectivity index (χ3v) is 3.52. The first-order chi connectivity index (χ1) is 7.58. The van der Waals surface area contributed by atoms with E-state index < -0.39 is 0 Å². The molecule has 0 radical (unpaired) electrons. The van der Waals surface area contributed by atoms with Gasteiger partial charge in [-0.05, 0) is 41.1 Å². The van der Waals surface area contributed by atoms with Gasteiger partial charge in [0.1, 0.15) is 5.69 Å². The van der Waals surface area contributed by atoms with Crippen molar-refractivity contribution in [2.24, 2.45) is 0 Å². The summed E-state index contributed by atoms with van der Waals surface area (Å²) in [6.45, 7) is 1.85. The summed E-state index contributed by atoms with van der Waals surface area (Å²) >= 11 is 15.2. The SMILES string of the molecule is CC(Cl)c1cn(-c2ccc(Cl)c(Br)c2)nn1. The molecule has 0 saturated carbocycles. The minimum atomic E-state index is -0.149. The lowest BCUT2D eigenvalue weighted by atomic mass is 10.3. The fourth-order valence-electron chi connectivity index (χ4n) is 1.21. The molecule has 3 nitrogen and oxygen atoms in total. The van der Waals surface area contributed by atoms with Gasteiger partial charge in [0.2, 0.25) is 0 Å². The summed E-state index contributed by atoms with van der Waals surface area (Å²) in [6.07, 6.45) is 1.80. The Morgan fingerprint density at radius 3 is 2.75 bits per heavy atom. The zero-order chi connectivity index (χ0) is 11.7. The lowest BCUT2D eigenvalue weighted by molar-refractivity contribution is 0.796. The van der Waals surface area contributed by atoms with Gasteiger partial charge in [0.05, 0.1) is 22.3 Å². The molecule has 1 unspecified atom stereocenters. The van der Waals surface area contributed by atoms with Gasteiger partial charge in [-0.2, -0.15) is 0 Å². The predicted octanol–water partition coefficient (Wildman–Crippen LogP) is 3.98. The molecule has 0 fully saturated rings. The number of halogens is 3. The van der Waals surface area contributed by atoms with E-state index in [4.69, 9.17) is 23.2 Å². The van der Waals surface area contributed by atoms with Gasteiger partial charge < -0.3 is 0 Å². The second-order valence-corrected chi connectivity index (χ2v) is 5.22. The van der Waals surface area contributed by atoms with E-state index in [1.165, 1.54) is 0 Å². The summed E-state index contributed by atoms with van der Waals surface area (Å²) in [5.74, 6) is 0. The van der Waals surface area contributed by atoms with E-state index in [0.29, 0.717) is 5.02 Å². The number of nitrogens with zero attached hydrogens (tertiary/aromatic N) is 3. The fraction of sp³-hybridized carbons (Fsp3) is 0.200. The third-order valence-electron chi connectivity index (χ3n) is 2.09. The molecule has 16 heavy (non-hydrogen) atoms. The molecule has 0 N–H and O–H groups in total. The molecule has 0 aliphatic heterocycles. The number of hydrogen-bond acceptors (Lipinski definition) is 2. The molecule has 0 saturated heterocycles. The zero-order valence-corrected chi connectivity index (χ0v) is 11.5. The summed E-state index contributed by atoms with van der Waals surface area (Å²) in [4.78, 5) is 0. The molecule has 0 spiro atoms. The summed E-state index contributed by atoms with van der Waals surface area (Å²) in [5.41, 5.74) is 1.63. The summed E-state index contributed by atoms with van der Waals surface area (Å²) < 4.78 is 2.48. The van der Waals surface area contributed by atoms with Crippen LogP contribution in [0.1, 0.15) is 18.0 Å². The topological polar surface area (TPSA) is 30.7 Å². The monoisotopic (exact) mass is 319 g/mol. The summed E-state index contributed by atoms with van der Waals surface area (Å²) in [6, 6.07) is 5.54. The van der Waals surface area contributed by atoms with Gasteiger partial charge in [-0.15, -0.1) is 16.7 Å². The Morgan fingerprint density at radius 2 is 2.19 bits per heavy atom. The van der Waals surface area contributed by atoms with Crippen LogP contribution in [-0.2, 0) is 0 Å². The maximum absolute atomic E-state index is 5.91. The molecule has 0 bridgehead atoms. The molecule has 0 aliphatic carbocycles. The van der Waals surface area contributed by atoms with Crippen molar-refractivity contribution < 1.29 is 0 Å². The molecule has 2 aromatic rings. The van der Waals surface area contributed by atoms with Crippen molar-refractivity contribution in [1.82, 2.24) is 15.0 Å². The van der Waals surface area contributed by atoms with Crippen LogP contribution in [0.5, 0.6) is 0 Å². The van der Waals surface area contributed by atoms with Crippen LogP contribution in [0.25, 0.3) is 5.69 Å². The van der Waals surface area contributed by atoms with E-state index in [2.05, 4.69) is 26.2 Å².